The summed E-state index contributed by atoms with van der Waals surface area (Å²) in [5.41, 5.74) is 6.66. The van der Waals surface area contributed by atoms with E-state index < -0.39 is 0 Å². The standard InChI is InChI=1S/C28H17NO/c1-2-6-17(7-3-1)18-10-12-24-22(14-18)23-15-19-11-13-27-28(21(19)16-25(23)29-24)20-8-4-5-9-26(20)30-27/h1-16,29H. The molecule has 1 N–H and O–H groups in total. The van der Waals surface area contributed by atoms with Crippen molar-refractivity contribution in [3.63, 3.8) is 0 Å². The van der Waals surface area contributed by atoms with Crippen molar-refractivity contribution < 1.29 is 4.42 Å². The zero-order valence-electron chi connectivity index (χ0n) is 16.1. The maximum Gasteiger partial charge on any atom is 0.136 e. The van der Waals surface area contributed by atoms with E-state index in [2.05, 4.69) is 89.9 Å². The van der Waals surface area contributed by atoms with Crippen LogP contribution in [-0.4, -0.2) is 4.98 Å². The van der Waals surface area contributed by atoms with E-state index in [1.165, 1.54) is 43.4 Å². The number of para-hydroxylation sites is 1. The number of hydrogen-bond acceptors (Lipinski definition) is 1. The zero-order valence-corrected chi connectivity index (χ0v) is 16.1. The molecule has 7 rings (SSSR count). The van der Waals surface area contributed by atoms with Gasteiger partial charge in [0.25, 0.3) is 0 Å². The fraction of sp³-hybridized carbons (Fsp3) is 0. The normalized spacial score (nSPS) is 12.0. The minimum absolute atomic E-state index is 0.934. The van der Waals surface area contributed by atoms with Crippen LogP contribution in [0.4, 0.5) is 0 Å². The molecule has 0 radical (unpaired) electrons. The van der Waals surface area contributed by atoms with Gasteiger partial charge in [-0.05, 0) is 58.3 Å². The Kier molecular flexibility index (Phi) is 3.03. The second-order valence-electron chi connectivity index (χ2n) is 7.91. The number of aromatic nitrogens is 1. The van der Waals surface area contributed by atoms with Crippen LogP contribution in [0.5, 0.6) is 0 Å². The van der Waals surface area contributed by atoms with Crippen LogP contribution in [0.25, 0.3) is 65.6 Å². The summed E-state index contributed by atoms with van der Waals surface area (Å²) in [5, 5.41) is 7.31. The molecule has 0 unspecified atom stereocenters. The van der Waals surface area contributed by atoms with Gasteiger partial charge in [0.2, 0.25) is 0 Å². The van der Waals surface area contributed by atoms with Gasteiger partial charge in [0.15, 0.2) is 0 Å². The summed E-state index contributed by atoms with van der Waals surface area (Å²) in [6.45, 7) is 0. The van der Waals surface area contributed by atoms with Crippen molar-refractivity contribution in [2.24, 2.45) is 0 Å². The molecule has 0 aliphatic carbocycles. The van der Waals surface area contributed by atoms with E-state index in [9.17, 15) is 0 Å². The number of benzene rings is 5. The molecule has 5 aromatic carbocycles. The smallest absolute Gasteiger partial charge is 0.136 e. The monoisotopic (exact) mass is 383 g/mol. The maximum absolute atomic E-state index is 6.09. The Morgan fingerprint density at radius 1 is 0.500 bits per heavy atom. The third-order valence-corrected chi connectivity index (χ3v) is 6.18. The molecule has 30 heavy (non-hydrogen) atoms. The quantitative estimate of drug-likeness (QED) is 0.305. The first-order chi connectivity index (χ1) is 14.8. The Morgan fingerprint density at radius 2 is 1.33 bits per heavy atom. The van der Waals surface area contributed by atoms with Gasteiger partial charge in [0, 0.05) is 32.6 Å². The fourth-order valence-corrected chi connectivity index (χ4v) is 4.75. The zero-order chi connectivity index (χ0) is 19.7. The molecule has 0 aliphatic rings. The first-order valence-electron chi connectivity index (χ1n) is 10.2. The van der Waals surface area contributed by atoms with Crippen LogP contribution in [0, 0.1) is 0 Å². The van der Waals surface area contributed by atoms with Crippen molar-refractivity contribution in [3.8, 4) is 11.1 Å². The van der Waals surface area contributed by atoms with Crippen molar-refractivity contribution in [1.82, 2.24) is 4.98 Å². The van der Waals surface area contributed by atoms with E-state index in [1.807, 2.05) is 12.1 Å². The molecule has 2 heteroatoms. The summed E-state index contributed by atoms with van der Waals surface area (Å²) in [4.78, 5) is 3.62. The van der Waals surface area contributed by atoms with Crippen LogP contribution in [0.2, 0.25) is 0 Å². The molecule has 2 aromatic heterocycles. The molecule has 2 heterocycles. The molecule has 0 bridgehead atoms. The highest BCUT2D eigenvalue weighted by Gasteiger charge is 2.13. The molecule has 7 aromatic rings. The fourth-order valence-electron chi connectivity index (χ4n) is 4.75. The van der Waals surface area contributed by atoms with Crippen LogP contribution >= 0.6 is 0 Å². The predicted molar refractivity (Wildman–Crippen MR) is 126 cm³/mol. The third kappa shape index (κ3) is 2.13. The molecule has 0 aliphatic heterocycles. The summed E-state index contributed by atoms with van der Waals surface area (Å²) in [7, 11) is 0. The number of rotatable bonds is 1. The number of nitrogens with one attached hydrogen (secondary N) is 1. The van der Waals surface area contributed by atoms with Crippen molar-refractivity contribution in [1.29, 1.82) is 0 Å². The largest absolute Gasteiger partial charge is 0.456 e. The Balaban J connectivity index is 1.57. The van der Waals surface area contributed by atoms with E-state index >= 15 is 0 Å². The average molecular weight is 383 g/mol. The van der Waals surface area contributed by atoms with E-state index in [-0.39, 0.29) is 0 Å². The van der Waals surface area contributed by atoms with Crippen molar-refractivity contribution in [3.05, 3.63) is 97.1 Å². The molecule has 0 saturated carbocycles. The number of aromatic amines is 1. The molecular weight excluding hydrogens is 366 g/mol. The lowest BCUT2D eigenvalue weighted by Gasteiger charge is -2.03. The molecule has 0 amide bonds. The van der Waals surface area contributed by atoms with Gasteiger partial charge in [-0.2, -0.15) is 0 Å². The molecule has 0 atom stereocenters. The van der Waals surface area contributed by atoms with E-state index in [4.69, 9.17) is 4.42 Å². The summed E-state index contributed by atoms with van der Waals surface area (Å²) >= 11 is 0. The first-order valence-corrected chi connectivity index (χ1v) is 10.2. The molecule has 0 saturated heterocycles. The lowest BCUT2D eigenvalue weighted by atomic mass is 9.99. The molecule has 0 fully saturated rings. The van der Waals surface area contributed by atoms with Crippen molar-refractivity contribution in [2.75, 3.05) is 0 Å². The second kappa shape index (κ2) is 5.74. The highest BCUT2D eigenvalue weighted by Crippen LogP contribution is 2.38. The average Bonchev–Trinajstić information content (AvgIpc) is 3.35. The predicted octanol–water partition coefficient (Wildman–Crippen LogP) is 8.04. The van der Waals surface area contributed by atoms with E-state index in [1.54, 1.807) is 0 Å². The SMILES string of the molecule is c1ccc(-c2ccc3[nH]c4cc5c(ccc6oc7ccccc7c65)cc4c3c2)cc1. The Bertz CT molecular complexity index is 1740. The maximum atomic E-state index is 6.09. The van der Waals surface area contributed by atoms with Crippen LogP contribution in [0.1, 0.15) is 0 Å². The van der Waals surface area contributed by atoms with Crippen LogP contribution in [0.15, 0.2) is 101 Å². The summed E-state index contributed by atoms with van der Waals surface area (Å²) in [6, 6.07) is 34.3. The van der Waals surface area contributed by atoms with Gasteiger partial charge >= 0.3 is 0 Å². The van der Waals surface area contributed by atoms with Crippen LogP contribution in [0.3, 0.4) is 0 Å². The Morgan fingerprint density at radius 3 is 2.27 bits per heavy atom. The van der Waals surface area contributed by atoms with Crippen molar-refractivity contribution >= 4 is 54.5 Å². The molecular formula is C28H17NO. The van der Waals surface area contributed by atoms with E-state index in [0.717, 1.165) is 22.2 Å². The molecule has 0 spiro atoms. The topological polar surface area (TPSA) is 28.9 Å². The van der Waals surface area contributed by atoms with E-state index in [0.29, 0.717) is 0 Å². The first kappa shape index (κ1) is 15.8. The Hall–Kier alpha value is -4.04. The minimum Gasteiger partial charge on any atom is -0.456 e. The van der Waals surface area contributed by atoms with Gasteiger partial charge < -0.3 is 9.40 Å². The van der Waals surface area contributed by atoms with Gasteiger partial charge in [-0.3, -0.25) is 0 Å². The molecule has 2 nitrogen and oxygen atoms in total. The summed E-state index contributed by atoms with van der Waals surface area (Å²) in [5.74, 6) is 0. The number of fused-ring (bicyclic) bond motifs is 8. The number of furan rings is 1. The van der Waals surface area contributed by atoms with Crippen LogP contribution in [-0.2, 0) is 0 Å². The Labute approximate surface area is 172 Å². The van der Waals surface area contributed by atoms with Gasteiger partial charge in [-0.15, -0.1) is 0 Å². The lowest BCUT2D eigenvalue weighted by Crippen LogP contribution is -1.77. The molecule has 140 valence electrons. The summed E-state index contributed by atoms with van der Waals surface area (Å²) in [6.07, 6.45) is 0. The lowest BCUT2D eigenvalue weighted by molar-refractivity contribution is 0.669. The van der Waals surface area contributed by atoms with Gasteiger partial charge in [0.1, 0.15) is 11.2 Å². The van der Waals surface area contributed by atoms with Gasteiger partial charge in [-0.1, -0.05) is 60.7 Å². The third-order valence-electron chi connectivity index (χ3n) is 6.18. The van der Waals surface area contributed by atoms with Crippen LogP contribution < -0.4 is 0 Å². The summed E-state index contributed by atoms with van der Waals surface area (Å²) < 4.78 is 6.09. The highest BCUT2D eigenvalue weighted by atomic mass is 16.3. The van der Waals surface area contributed by atoms with Crippen molar-refractivity contribution in [2.45, 2.75) is 0 Å². The van der Waals surface area contributed by atoms with Gasteiger partial charge in [0.05, 0.1) is 0 Å². The van der Waals surface area contributed by atoms with Gasteiger partial charge in [-0.25, -0.2) is 0 Å². The second-order valence-corrected chi connectivity index (χ2v) is 7.91. The number of H-pyrrole nitrogens is 1. The highest BCUT2D eigenvalue weighted by molar-refractivity contribution is 6.22. The number of hydrogen-bond donors (Lipinski definition) is 1. The minimum atomic E-state index is 0.934.